The molecule has 0 aromatic rings. The molecule has 2 unspecified atom stereocenters. The van der Waals surface area contributed by atoms with Gasteiger partial charge in [-0.1, -0.05) is 34.1 Å². The molecule has 0 saturated heterocycles. The largest absolute Gasteiger partial charge is 0.327 e. The second-order valence-electron chi connectivity index (χ2n) is 4.87. The van der Waals surface area contributed by atoms with Gasteiger partial charge in [-0.2, -0.15) is 11.8 Å². The third kappa shape index (κ3) is 5.58. The summed E-state index contributed by atoms with van der Waals surface area (Å²) in [5.74, 6) is 1.25. The van der Waals surface area contributed by atoms with Gasteiger partial charge in [0, 0.05) is 11.3 Å². The highest BCUT2D eigenvalue weighted by molar-refractivity contribution is 8.00. The quantitative estimate of drug-likeness (QED) is 0.694. The summed E-state index contributed by atoms with van der Waals surface area (Å²) in [7, 11) is 0. The molecule has 0 aromatic carbocycles. The van der Waals surface area contributed by atoms with Crippen LogP contribution < -0.4 is 5.73 Å². The molecule has 13 heavy (non-hydrogen) atoms. The van der Waals surface area contributed by atoms with E-state index >= 15 is 0 Å². The Kier molecular flexibility index (Phi) is 6.06. The molecule has 0 amide bonds. The van der Waals surface area contributed by atoms with E-state index in [0.717, 1.165) is 0 Å². The smallest absolute Gasteiger partial charge is 0.0244 e. The lowest BCUT2D eigenvalue weighted by atomic mass is 9.88. The Morgan fingerprint density at radius 1 is 1.31 bits per heavy atom. The van der Waals surface area contributed by atoms with Crippen LogP contribution in [0.15, 0.2) is 0 Å². The first-order valence-electron chi connectivity index (χ1n) is 5.26. The fourth-order valence-electron chi connectivity index (χ4n) is 1.55. The van der Waals surface area contributed by atoms with Crippen molar-refractivity contribution in [1.82, 2.24) is 0 Å². The minimum Gasteiger partial charge on any atom is -0.327 e. The zero-order valence-electron chi connectivity index (χ0n) is 9.76. The average Bonchev–Trinajstić information content (AvgIpc) is 1.94. The molecule has 0 aliphatic rings. The third-order valence-corrected chi connectivity index (χ3v) is 4.15. The van der Waals surface area contributed by atoms with Crippen LogP contribution in [0.3, 0.4) is 0 Å². The molecule has 0 aliphatic heterocycles. The van der Waals surface area contributed by atoms with Crippen molar-refractivity contribution in [2.45, 2.75) is 58.8 Å². The molecule has 2 heteroatoms. The van der Waals surface area contributed by atoms with Crippen LogP contribution in [0, 0.1) is 5.41 Å². The standard InChI is InChI=1S/C11H25NS/c1-6-7-8-13-10(9(2)12)11(3,4)5/h9-10H,6-8,12H2,1-5H3. The van der Waals surface area contributed by atoms with Gasteiger partial charge in [-0.3, -0.25) is 0 Å². The van der Waals surface area contributed by atoms with Crippen molar-refractivity contribution in [3.05, 3.63) is 0 Å². The summed E-state index contributed by atoms with van der Waals surface area (Å²) < 4.78 is 0. The van der Waals surface area contributed by atoms with Gasteiger partial charge >= 0.3 is 0 Å². The monoisotopic (exact) mass is 203 g/mol. The fraction of sp³-hybridized carbons (Fsp3) is 1.00. The molecular formula is C11H25NS. The van der Waals surface area contributed by atoms with Gasteiger partial charge in [-0.15, -0.1) is 0 Å². The summed E-state index contributed by atoms with van der Waals surface area (Å²) in [6.45, 7) is 11.2. The van der Waals surface area contributed by atoms with E-state index < -0.39 is 0 Å². The van der Waals surface area contributed by atoms with Crippen molar-refractivity contribution < 1.29 is 0 Å². The normalized spacial score (nSPS) is 17.1. The third-order valence-electron chi connectivity index (χ3n) is 2.13. The summed E-state index contributed by atoms with van der Waals surface area (Å²) in [6.07, 6.45) is 2.59. The molecule has 1 nitrogen and oxygen atoms in total. The lowest BCUT2D eigenvalue weighted by molar-refractivity contribution is 0.363. The number of thioether (sulfide) groups is 1. The molecule has 0 radical (unpaired) electrons. The molecule has 0 heterocycles. The van der Waals surface area contributed by atoms with Crippen LogP contribution in [0.1, 0.15) is 47.5 Å². The Labute approximate surface area is 87.9 Å². The van der Waals surface area contributed by atoms with Gasteiger partial charge in [0.1, 0.15) is 0 Å². The lowest BCUT2D eigenvalue weighted by Crippen LogP contribution is -2.39. The van der Waals surface area contributed by atoms with Gasteiger partial charge in [0.2, 0.25) is 0 Å². The van der Waals surface area contributed by atoms with Gasteiger partial charge in [0.25, 0.3) is 0 Å². The highest BCUT2D eigenvalue weighted by Crippen LogP contribution is 2.32. The van der Waals surface area contributed by atoms with E-state index in [1.807, 2.05) is 11.8 Å². The number of unbranched alkanes of at least 4 members (excludes halogenated alkanes) is 1. The van der Waals surface area contributed by atoms with Crippen molar-refractivity contribution in [1.29, 1.82) is 0 Å². The SMILES string of the molecule is CCCCSC(C(C)N)C(C)(C)C. The van der Waals surface area contributed by atoms with Crippen molar-refractivity contribution in [3.8, 4) is 0 Å². The second-order valence-corrected chi connectivity index (χ2v) is 6.12. The molecular weight excluding hydrogens is 178 g/mol. The fourth-order valence-corrected chi connectivity index (χ4v) is 3.06. The Morgan fingerprint density at radius 2 is 1.85 bits per heavy atom. The molecule has 2 N–H and O–H groups in total. The maximum atomic E-state index is 5.98. The second kappa shape index (κ2) is 5.92. The topological polar surface area (TPSA) is 26.0 Å². The van der Waals surface area contributed by atoms with Gasteiger partial charge in [0.15, 0.2) is 0 Å². The molecule has 0 spiro atoms. The van der Waals surface area contributed by atoms with Gasteiger partial charge in [0.05, 0.1) is 0 Å². The number of hydrogen-bond acceptors (Lipinski definition) is 2. The molecule has 0 fully saturated rings. The number of hydrogen-bond donors (Lipinski definition) is 1. The molecule has 2 atom stereocenters. The summed E-state index contributed by atoms with van der Waals surface area (Å²) in [4.78, 5) is 0. The zero-order valence-corrected chi connectivity index (χ0v) is 10.6. The Morgan fingerprint density at radius 3 is 2.15 bits per heavy atom. The first-order valence-corrected chi connectivity index (χ1v) is 6.31. The van der Waals surface area contributed by atoms with Gasteiger partial charge < -0.3 is 5.73 Å². The van der Waals surface area contributed by atoms with E-state index in [0.29, 0.717) is 16.7 Å². The van der Waals surface area contributed by atoms with Crippen molar-refractivity contribution in [2.75, 3.05) is 5.75 Å². The summed E-state index contributed by atoms with van der Waals surface area (Å²) in [6, 6.07) is 0.293. The van der Waals surface area contributed by atoms with Crippen LogP contribution >= 0.6 is 11.8 Å². The molecule has 0 bridgehead atoms. The van der Waals surface area contributed by atoms with Crippen molar-refractivity contribution in [2.24, 2.45) is 11.1 Å². The van der Waals surface area contributed by atoms with Crippen LogP contribution in [-0.4, -0.2) is 17.0 Å². The summed E-state index contributed by atoms with van der Waals surface area (Å²) in [5.41, 5.74) is 6.31. The van der Waals surface area contributed by atoms with Crippen LogP contribution in [0.5, 0.6) is 0 Å². The minimum absolute atomic E-state index is 0.293. The lowest BCUT2D eigenvalue weighted by Gasteiger charge is -2.33. The maximum Gasteiger partial charge on any atom is 0.0244 e. The predicted molar refractivity (Wildman–Crippen MR) is 64.3 cm³/mol. The van der Waals surface area contributed by atoms with Gasteiger partial charge in [-0.05, 0) is 24.5 Å². The van der Waals surface area contributed by atoms with E-state index in [-0.39, 0.29) is 0 Å². The van der Waals surface area contributed by atoms with Gasteiger partial charge in [-0.25, -0.2) is 0 Å². The molecule has 0 aliphatic carbocycles. The van der Waals surface area contributed by atoms with Crippen molar-refractivity contribution >= 4 is 11.8 Å². The predicted octanol–water partition coefficient (Wildman–Crippen LogP) is 3.28. The zero-order chi connectivity index (χ0) is 10.5. The Bertz CT molecular complexity index is 127. The highest BCUT2D eigenvalue weighted by Gasteiger charge is 2.27. The van der Waals surface area contributed by atoms with Crippen LogP contribution in [-0.2, 0) is 0 Å². The van der Waals surface area contributed by atoms with E-state index in [1.165, 1.54) is 18.6 Å². The Hall–Kier alpha value is 0.310. The van der Waals surface area contributed by atoms with Crippen molar-refractivity contribution in [3.63, 3.8) is 0 Å². The minimum atomic E-state index is 0.293. The average molecular weight is 203 g/mol. The molecule has 0 aromatic heterocycles. The summed E-state index contributed by atoms with van der Waals surface area (Å²) >= 11 is 2.04. The molecule has 80 valence electrons. The summed E-state index contributed by atoms with van der Waals surface area (Å²) in [5, 5.41) is 0.582. The van der Waals surface area contributed by atoms with Crippen LogP contribution in [0.2, 0.25) is 0 Å². The first-order chi connectivity index (χ1) is 5.89. The number of nitrogens with two attached hydrogens (primary N) is 1. The number of rotatable bonds is 5. The van der Waals surface area contributed by atoms with E-state index in [2.05, 4.69) is 34.6 Å². The maximum absolute atomic E-state index is 5.98. The van der Waals surface area contributed by atoms with Crippen LogP contribution in [0.25, 0.3) is 0 Å². The van der Waals surface area contributed by atoms with E-state index in [9.17, 15) is 0 Å². The Balaban J connectivity index is 3.97. The first kappa shape index (κ1) is 13.3. The highest BCUT2D eigenvalue weighted by atomic mass is 32.2. The molecule has 0 rings (SSSR count). The molecule has 0 saturated carbocycles. The van der Waals surface area contributed by atoms with Crippen LogP contribution in [0.4, 0.5) is 0 Å². The van der Waals surface area contributed by atoms with E-state index in [4.69, 9.17) is 5.73 Å². The van der Waals surface area contributed by atoms with E-state index in [1.54, 1.807) is 0 Å².